The van der Waals surface area contributed by atoms with Crippen molar-refractivity contribution in [3.63, 3.8) is 0 Å². The molecule has 0 spiro atoms. The summed E-state index contributed by atoms with van der Waals surface area (Å²) in [7, 11) is 2.18. The molecule has 1 N–H and O–H groups in total. The first-order valence-corrected chi connectivity index (χ1v) is 10.6. The number of likely N-dealkylation sites (tertiary alicyclic amines) is 1. The molecule has 3 nitrogen and oxygen atoms in total. The van der Waals surface area contributed by atoms with Crippen molar-refractivity contribution in [1.29, 1.82) is 0 Å². The Labute approximate surface area is 172 Å². The van der Waals surface area contributed by atoms with E-state index in [4.69, 9.17) is 0 Å². The maximum Gasteiger partial charge on any atom is 0.0679 e. The van der Waals surface area contributed by atoms with Gasteiger partial charge in [-0.05, 0) is 37.7 Å². The minimum atomic E-state index is 0.352. The molecule has 1 aromatic carbocycles. The molecular formula is C25H39N3. The highest BCUT2D eigenvalue weighted by atomic mass is 15.2. The summed E-state index contributed by atoms with van der Waals surface area (Å²) < 4.78 is 0. The average molecular weight is 382 g/mol. The highest BCUT2D eigenvalue weighted by molar-refractivity contribution is 5.18. The zero-order valence-electron chi connectivity index (χ0n) is 18.4. The Hall–Kier alpha value is -2.16. The normalized spacial score (nSPS) is 18.4. The summed E-state index contributed by atoms with van der Waals surface area (Å²) in [5.74, 6) is 0.596. The van der Waals surface area contributed by atoms with E-state index in [0.29, 0.717) is 18.0 Å². The molecule has 0 saturated carbocycles. The summed E-state index contributed by atoms with van der Waals surface area (Å²) in [6.45, 7) is 21.3. The topological polar surface area (TPSA) is 18.5 Å². The molecule has 1 aliphatic rings. The summed E-state index contributed by atoms with van der Waals surface area (Å²) in [4.78, 5) is 4.73. The molecule has 1 aliphatic heterocycles. The summed E-state index contributed by atoms with van der Waals surface area (Å²) in [5, 5.41) is 3.55. The van der Waals surface area contributed by atoms with E-state index in [0.717, 1.165) is 49.4 Å². The molecule has 2 rings (SSSR count). The van der Waals surface area contributed by atoms with Crippen LogP contribution in [0.15, 0.2) is 67.2 Å². The lowest BCUT2D eigenvalue weighted by Gasteiger charge is -2.36. The van der Waals surface area contributed by atoms with Crippen molar-refractivity contribution in [2.24, 2.45) is 5.92 Å². The van der Waals surface area contributed by atoms with Gasteiger partial charge in [-0.2, -0.15) is 0 Å². The summed E-state index contributed by atoms with van der Waals surface area (Å²) >= 11 is 0. The lowest BCUT2D eigenvalue weighted by molar-refractivity contribution is 0.218. The SMILES string of the molecule is C=C(NCC(=C)N(C)C(Cc1ccccc1)C(C)CC)C1CCCN1C(=C)C. The maximum absolute atomic E-state index is 4.38. The minimum Gasteiger partial charge on any atom is -0.382 e. The van der Waals surface area contributed by atoms with Crippen molar-refractivity contribution < 1.29 is 0 Å². The summed E-state index contributed by atoms with van der Waals surface area (Å²) in [6, 6.07) is 11.6. The van der Waals surface area contributed by atoms with Gasteiger partial charge in [0, 0.05) is 36.7 Å². The molecule has 3 heteroatoms. The van der Waals surface area contributed by atoms with E-state index in [1.165, 1.54) is 12.0 Å². The molecule has 1 fully saturated rings. The Morgan fingerprint density at radius 1 is 1.25 bits per heavy atom. The van der Waals surface area contributed by atoms with Crippen LogP contribution in [-0.2, 0) is 6.42 Å². The van der Waals surface area contributed by atoms with Crippen LogP contribution in [0.4, 0.5) is 0 Å². The van der Waals surface area contributed by atoms with Crippen LogP contribution in [0.25, 0.3) is 0 Å². The van der Waals surface area contributed by atoms with E-state index in [9.17, 15) is 0 Å². The van der Waals surface area contributed by atoms with Crippen LogP contribution in [0.2, 0.25) is 0 Å². The predicted octanol–water partition coefficient (Wildman–Crippen LogP) is 5.19. The first-order chi connectivity index (χ1) is 13.3. The highest BCUT2D eigenvalue weighted by Gasteiger charge is 2.27. The highest BCUT2D eigenvalue weighted by Crippen LogP contribution is 2.25. The smallest absolute Gasteiger partial charge is 0.0679 e. The van der Waals surface area contributed by atoms with Crippen LogP contribution in [0.1, 0.15) is 45.6 Å². The van der Waals surface area contributed by atoms with Gasteiger partial charge >= 0.3 is 0 Å². The third-order valence-electron chi connectivity index (χ3n) is 6.25. The number of benzene rings is 1. The molecule has 0 aromatic heterocycles. The lowest BCUT2D eigenvalue weighted by Crippen LogP contribution is -2.41. The predicted molar refractivity (Wildman–Crippen MR) is 122 cm³/mol. The van der Waals surface area contributed by atoms with E-state index in [1.54, 1.807) is 0 Å². The van der Waals surface area contributed by atoms with Gasteiger partial charge < -0.3 is 15.1 Å². The Morgan fingerprint density at radius 2 is 1.93 bits per heavy atom. The van der Waals surface area contributed by atoms with Crippen molar-refractivity contribution in [3.8, 4) is 0 Å². The molecule has 1 saturated heterocycles. The van der Waals surface area contributed by atoms with Gasteiger partial charge in [-0.3, -0.25) is 0 Å². The Balaban J connectivity index is 1.96. The molecular weight excluding hydrogens is 342 g/mol. The number of hydrogen-bond donors (Lipinski definition) is 1. The molecule has 28 heavy (non-hydrogen) atoms. The average Bonchev–Trinajstić information content (AvgIpc) is 3.20. The summed E-state index contributed by atoms with van der Waals surface area (Å²) in [6.07, 6.45) is 4.54. The van der Waals surface area contributed by atoms with Gasteiger partial charge in [-0.25, -0.2) is 0 Å². The van der Waals surface area contributed by atoms with E-state index in [1.807, 2.05) is 0 Å². The van der Waals surface area contributed by atoms with E-state index >= 15 is 0 Å². The van der Waals surface area contributed by atoms with Gasteiger partial charge in [-0.15, -0.1) is 0 Å². The zero-order chi connectivity index (χ0) is 20.7. The number of nitrogens with one attached hydrogen (secondary N) is 1. The lowest BCUT2D eigenvalue weighted by atomic mass is 9.91. The van der Waals surface area contributed by atoms with Crippen LogP contribution in [0.5, 0.6) is 0 Å². The van der Waals surface area contributed by atoms with Crippen molar-refractivity contribution in [3.05, 3.63) is 72.7 Å². The molecule has 0 bridgehead atoms. The number of nitrogens with zero attached hydrogens (tertiary/aromatic N) is 2. The number of allylic oxidation sites excluding steroid dienone is 1. The fourth-order valence-electron chi connectivity index (χ4n) is 4.13. The molecule has 0 radical (unpaired) electrons. The first kappa shape index (κ1) is 22.1. The van der Waals surface area contributed by atoms with Crippen molar-refractivity contribution >= 4 is 0 Å². The second-order valence-corrected chi connectivity index (χ2v) is 8.29. The quantitative estimate of drug-likeness (QED) is 0.569. The second kappa shape index (κ2) is 10.4. The van der Waals surface area contributed by atoms with E-state index in [-0.39, 0.29) is 0 Å². The van der Waals surface area contributed by atoms with Crippen molar-refractivity contribution in [1.82, 2.24) is 15.1 Å². The summed E-state index contributed by atoms with van der Waals surface area (Å²) in [5.41, 5.74) is 4.70. The van der Waals surface area contributed by atoms with Gasteiger partial charge in [0.1, 0.15) is 0 Å². The number of likely N-dealkylation sites (N-methyl/N-ethyl adjacent to an activating group) is 1. The molecule has 1 heterocycles. The van der Waals surface area contributed by atoms with Gasteiger partial charge in [-0.1, -0.05) is 70.3 Å². The van der Waals surface area contributed by atoms with Crippen LogP contribution in [-0.4, -0.2) is 42.0 Å². The van der Waals surface area contributed by atoms with Gasteiger partial charge in [0.05, 0.1) is 12.6 Å². The molecule has 0 amide bonds. The molecule has 3 atom stereocenters. The van der Waals surface area contributed by atoms with Gasteiger partial charge in [0.25, 0.3) is 0 Å². The van der Waals surface area contributed by atoms with E-state index in [2.05, 4.69) is 93.0 Å². The Bertz CT molecular complexity index is 664. The third-order valence-corrected chi connectivity index (χ3v) is 6.25. The van der Waals surface area contributed by atoms with Crippen LogP contribution in [0.3, 0.4) is 0 Å². The molecule has 0 aliphatic carbocycles. The minimum absolute atomic E-state index is 0.352. The van der Waals surface area contributed by atoms with Crippen LogP contribution >= 0.6 is 0 Å². The first-order valence-electron chi connectivity index (χ1n) is 10.6. The fourth-order valence-corrected chi connectivity index (χ4v) is 4.13. The van der Waals surface area contributed by atoms with Crippen LogP contribution < -0.4 is 5.32 Å². The van der Waals surface area contributed by atoms with Crippen molar-refractivity contribution in [2.45, 2.75) is 58.5 Å². The Morgan fingerprint density at radius 3 is 2.54 bits per heavy atom. The molecule has 154 valence electrons. The third kappa shape index (κ3) is 5.67. The monoisotopic (exact) mass is 381 g/mol. The maximum atomic E-state index is 4.38. The number of hydrogen-bond acceptors (Lipinski definition) is 3. The fraction of sp³-hybridized carbons (Fsp3) is 0.520. The van der Waals surface area contributed by atoms with Crippen LogP contribution in [0, 0.1) is 5.92 Å². The van der Waals surface area contributed by atoms with Crippen molar-refractivity contribution in [2.75, 3.05) is 20.1 Å². The standard InChI is InChI=1S/C25H39N3/c1-8-20(4)25(17-23-13-10-9-11-14-23)27(7)21(5)18-26-22(6)24-15-12-16-28(24)19(2)3/h9-11,13-14,20,24-26H,2,5-6,8,12,15-18H2,1,3-4,7H3. The molecule has 1 aromatic rings. The molecule has 3 unspecified atom stereocenters. The van der Waals surface area contributed by atoms with Gasteiger partial charge in [0.15, 0.2) is 0 Å². The number of rotatable bonds is 11. The van der Waals surface area contributed by atoms with Gasteiger partial charge in [0.2, 0.25) is 0 Å². The van der Waals surface area contributed by atoms with E-state index < -0.39 is 0 Å². The largest absolute Gasteiger partial charge is 0.382 e. The Kier molecular flexibility index (Phi) is 8.22. The zero-order valence-corrected chi connectivity index (χ0v) is 18.4. The second-order valence-electron chi connectivity index (χ2n) is 8.29.